The van der Waals surface area contributed by atoms with Crippen LogP contribution in [0.25, 0.3) is 0 Å². The summed E-state index contributed by atoms with van der Waals surface area (Å²) in [6, 6.07) is 2.09. The maximum atomic E-state index is 10.5. The summed E-state index contributed by atoms with van der Waals surface area (Å²) >= 11 is 0. The molecular formula is C7H11N3O2. The molecule has 5 heteroatoms. The van der Waals surface area contributed by atoms with Gasteiger partial charge in [0, 0.05) is 6.54 Å². The fraction of sp³-hybridized carbons (Fsp3) is 0.714. The molecule has 2 unspecified atom stereocenters. The lowest BCUT2D eigenvalue weighted by molar-refractivity contribution is 0.100. The van der Waals surface area contributed by atoms with Crippen molar-refractivity contribution < 1.29 is 9.90 Å². The van der Waals surface area contributed by atoms with Crippen molar-refractivity contribution in [3.63, 3.8) is 0 Å². The van der Waals surface area contributed by atoms with E-state index in [-0.39, 0.29) is 5.92 Å². The topological polar surface area (TPSA) is 90.3 Å². The first-order valence-electron chi connectivity index (χ1n) is 3.80. The van der Waals surface area contributed by atoms with Crippen LogP contribution >= 0.6 is 0 Å². The van der Waals surface area contributed by atoms with Crippen LogP contribution in [-0.4, -0.2) is 28.8 Å². The van der Waals surface area contributed by atoms with E-state index in [4.69, 9.17) is 16.1 Å². The standard InChI is InChI=1S/C7H11N3O2/c8-4-5-1-2-10(7(11)12)6(9)3-5/h5-6H,1-3,9H2,(H,11,12). The van der Waals surface area contributed by atoms with Crippen molar-refractivity contribution in [2.75, 3.05) is 6.54 Å². The molecule has 1 aliphatic rings. The lowest BCUT2D eigenvalue weighted by Crippen LogP contribution is -2.50. The van der Waals surface area contributed by atoms with Gasteiger partial charge in [-0.3, -0.25) is 4.90 Å². The Balaban J connectivity index is 2.55. The van der Waals surface area contributed by atoms with Crippen molar-refractivity contribution in [3.05, 3.63) is 0 Å². The Bertz CT molecular complexity index is 223. The number of amides is 1. The highest BCUT2D eigenvalue weighted by molar-refractivity contribution is 5.65. The summed E-state index contributed by atoms with van der Waals surface area (Å²) in [4.78, 5) is 11.7. The van der Waals surface area contributed by atoms with Crippen LogP contribution < -0.4 is 5.73 Å². The van der Waals surface area contributed by atoms with Crippen molar-refractivity contribution in [2.45, 2.75) is 19.0 Å². The molecule has 66 valence electrons. The molecule has 0 bridgehead atoms. The Labute approximate surface area is 70.4 Å². The number of likely N-dealkylation sites (tertiary alicyclic amines) is 1. The zero-order valence-corrected chi connectivity index (χ0v) is 6.60. The zero-order valence-electron chi connectivity index (χ0n) is 6.60. The lowest BCUT2D eigenvalue weighted by atomic mass is 9.97. The van der Waals surface area contributed by atoms with Crippen LogP contribution in [0.3, 0.4) is 0 Å². The van der Waals surface area contributed by atoms with E-state index in [1.807, 2.05) is 0 Å². The van der Waals surface area contributed by atoms with Crippen molar-refractivity contribution in [1.82, 2.24) is 4.90 Å². The third-order valence-corrected chi connectivity index (χ3v) is 2.07. The molecule has 12 heavy (non-hydrogen) atoms. The van der Waals surface area contributed by atoms with Crippen LogP contribution in [0.15, 0.2) is 0 Å². The number of carboxylic acid groups (broad SMARTS) is 1. The second-order valence-corrected chi connectivity index (χ2v) is 2.89. The molecule has 0 spiro atoms. The smallest absolute Gasteiger partial charge is 0.408 e. The minimum atomic E-state index is -1.00. The summed E-state index contributed by atoms with van der Waals surface area (Å²) in [5.74, 6) is -0.0874. The van der Waals surface area contributed by atoms with E-state index in [0.29, 0.717) is 19.4 Å². The van der Waals surface area contributed by atoms with Gasteiger partial charge in [-0.05, 0) is 12.8 Å². The number of carbonyl (C=O) groups is 1. The van der Waals surface area contributed by atoms with E-state index in [1.54, 1.807) is 0 Å². The van der Waals surface area contributed by atoms with Gasteiger partial charge in [0.25, 0.3) is 0 Å². The maximum Gasteiger partial charge on any atom is 0.408 e. The minimum Gasteiger partial charge on any atom is -0.465 e. The van der Waals surface area contributed by atoms with Gasteiger partial charge in [-0.2, -0.15) is 5.26 Å². The molecule has 0 aliphatic carbocycles. The van der Waals surface area contributed by atoms with Gasteiger partial charge in [-0.25, -0.2) is 4.79 Å². The highest BCUT2D eigenvalue weighted by Crippen LogP contribution is 2.19. The van der Waals surface area contributed by atoms with Gasteiger partial charge in [0.1, 0.15) is 0 Å². The number of nitriles is 1. The third kappa shape index (κ3) is 1.66. The fourth-order valence-electron chi connectivity index (χ4n) is 1.35. The Morgan fingerprint density at radius 3 is 2.83 bits per heavy atom. The number of hydrogen-bond donors (Lipinski definition) is 2. The van der Waals surface area contributed by atoms with E-state index >= 15 is 0 Å². The van der Waals surface area contributed by atoms with Gasteiger partial charge in [0.2, 0.25) is 0 Å². The highest BCUT2D eigenvalue weighted by Gasteiger charge is 2.28. The van der Waals surface area contributed by atoms with Crippen LogP contribution in [0.2, 0.25) is 0 Å². The minimum absolute atomic E-state index is 0.0874. The molecule has 1 heterocycles. The second-order valence-electron chi connectivity index (χ2n) is 2.89. The first kappa shape index (κ1) is 8.81. The Morgan fingerprint density at radius 1 is 1.75 bits per heavy atom. The molecule has 0 aromatic heterocycles. The predicted molar refractivity (Wildman–Crippen MR) is 41.0 cm³/mol. The molecule has 5 nitrogen and oxygen atoms in total. The summed E-state index contributed by atoms with van der Waals surface area (Å²) in [6.07, 6.45) is -0.473. The Morgan fingerprint density at radius 2 is 2.42 bits per heavy atom. The molecule has 1 fully saturated rings. The molecule has 0 radical (unpaired) electrons. The molecule has 1 rings (SSSR count). The van der Waals surface area contributed by atoms with Crippen molar-refractivity contribution >= 4 is 6.09 Å². The summed E-state index contributed by atoms with van der Waals surface area (Å²) in [5, 5.41) is 17.2. The largest absolute Gasteiger partial charge is 0.465 e. The average Bonchev–Trinajstić information content (AvgIpc) is 2.03. The molecular weight excluding hydrogens is 158 g/mol. The number of hydrogen-bond acceptors (Lipinski definition) is 3. The lowest BCUT2D eigenvalue weighted by Gasteiger charge is -2.32. The van der Waals surface area contributed by atoms with Crippen molar-refractivity contribution in [2.24, 2.45) is 11.7 Å². The molecule has 1 amide bonds. The molecule has 0 saturated carbocycles. The van der Waals surface area contributed by atoms with Crippen LogP contribution in [0, 0.1) is 17.2 Å². The average molecular weight is 169 g/mol. The number of nitrogens with zero attached hydrogens (tertiary/aromatic N) is 2. The van der Waals surface area contributed by atoms with Crippen molar-refractivity contribution in [3.8, 4) is 6.07 Å². The van der Waals surface area contributed by atoms with Gasteiger partial charge in [-0.1, -0.05) is 0 Å². The number of rotatable bonds is 0. The van der Waals surface area contributed by atoms with E-state index in [2.05, 4.69) is 6.07 Å². The van der Waals surface area contributed by atoms with Gasteiger partial charge < -0.3 is 10.8 Å². The number of piperidine rings is 1. The normalized spacial score (nSPS) is 29.5. The van der Waals surface area contributed by atoms with Crippen LogP contribution in [-0.2, 0) is 0 Å². The van der Waals surface area contributed by atoms with Crippen LogP contribution in [0.1, 0.15) is 12.8 Å². The summed E-state index contributed by atoms with van der Waals surface area (Å²) in [5.41, 5.74) is 5.54. The Kier molecular flexibility index (Phi) is 2.51. The molecule has 1 saturated heterocycles. The van der Waals surface area contributed by atoms with Crippen LogP contribution in [0.5, 0.6) is 0 Å². The van der Waals surface area contributed by atoms with Gasteiger partial charge >= 0.3 is 6.09 Å². The fourth-order valence-corrected chi connectivity index (χ4v) is 1.35. The first-order chi connectivity index (χ1) is 5.65. The Hall–Kier alpha value is -1.28. The van der Waals surface area contributed by atoms with E-state index in [0.717, 1.165) is 0 Å². The monoisotopic (exact) mass is 169 g/mol. The van der Waals surface area contributed by atoms with Gasteiger partial charge in [0.05, 0.1) is 18.2 Å². The van der Waals surface area contributed by atoms with Gasteiger partial charge in [0.15, 0.2) is 0 Å². The SMILES string of the molecule is N#CC1CCN(C(=O)O)C(N)C1. The number of nitrogens with two attached hydrogens (primary N) is 1. The van der Waals surface area contributed by atoms with Crippen LogP contribution in [0.4, 0.5) is 4.79 Å². The third-order valence-electron chi connectivity index (χ3n) is 2.07. The van der Waals surface area contributed by atoms with Gasteiger partial charge in [-0.15, -0.1) is 0 Å². The predicted octanol–water partition coefficient (Wildman–Crippen LogP) is 0.185. The van der Waals surface area contributed by atoms with Crippen molar-refractivity contribution in [1.29, 1.82) is 5.26 Å². The molecule has 2 atom stereocenters. The van der Waals surface area contributed by atoms with E-state index in [9.17, 15) is 4.79 Å². The summed E-state index contributed by atoms with van der Waals surface area (Å²) < 4.78 is 0. The molecule has 1 aliphatic heterocycles. The molecule has 0 aromatic carbocycles. The zero-order chi connectivity index (χ0) is 9.14. The first-order valence-corrected chi connectivity index (χ1v) is 3.80. The van der Waals surface area contributed by atoms with E-state index in [1.165, 1.54) is 4.90 Å². The maximum absolute atomic E-state index is 10.5. The second kappa shape index (κ2) is 3.41. The summed E-state index contributed by atoms with van der Waals surface area (Å²) in [6.45, 7) is 0.370. The molecule has 0 aromatic rings. The highest BCUT2D eigenvalue weighted by atomic mass is 16.4. The molecule has 3 N–H and O–H groups in total. The van der Waals surface area contributed by atoms with E-state index < -0.39 is 12.3 Å². The quantitative estimate of drug-likeness (QED) is 0.541. The summed E-state index contributed by atoms with van der Waals surface area (Å²) in [7, 11) is 0.